The Kier molecular flexibility index (Phi) is 3.88. The fraction of sp³-hybridized carbons (Fsp3) is 0.0556. The Balaban J connectivity index is 1.71. The molecule has 0 spiro atoms. The zero-order valence-corrected chi connectivity index (χ0v) is 13.6. The molecule has 0 aliphatic carbocycles. The van der Waals surface area contributed by atoms with E-state index in [1.54, 1.807) is 6.33 Å². The Bertz CT molecular complexity index is 967. The molecule has 0 saturated carbocycles. The summed E-state index contributed by atoms with van der Waals surface area (Å²) in [6.45, 7) is 0.698. The minimum atomic E-state index is 0.408. The molecule has 4 aromatic rings. The van der Waals surface area contributed by atoms with Crippen molar-refractivity contribution in [1.82, 2.24) is 19.5 Å². The van der Waals surface area contributed by atoms with Gasteiger partial charge in [-0.25, -0.2) is 15.0 Å². The average Bonchev–Trinajstić information content (AvgIpc) is 3.00. The molecule has 0 saturated heterocycles. The molecular formula is C18H15N5S. The number of benzene rings is 2. The Hall–Kier alpha value is -2.86. The van der Waals surface area contributed by atoms with Crippen LogP contribution in [-0.4, -0.2) is 19.5 Å². The van der Waals surface area contributed by atoms with Crippen LogP contribution in [0, 0.1) is 0 Å². The summed E-state index contributed by atoms with van der Waals surface area (Å²) in [6, 6.07) is 20.2. The number of hydrogen-bond acceptors (Lipinski definition) is 5. The smallest absolute Gasteiger partial charge is 0.196 e. The summed E-state index contributed by atoms with van der Waals surface area (Å²) in [6.07, 6.45) is 1.76. The number of nitrogens with two attached hydrogens (primary N) is 1. The molecule has 2 N–H and O–H groups in total. The third kappa shape index (κ3) is 2.96. The molecular weight excluding hydrogens is 318 g/mol. The van der Waals surface area contributed by atoms with Gasteiger partial charge in [-0.3, -0.25) is 0 Å². The molecule has 4 rings (SSSR count). The van der Waals surface area contributed by atoms with Crippen LogP contribution in [0.25, 0.3) is 11.2 Å². The maximum atomic E-state index is 6.08. The predicted octanol–water partition coefficient (Wildman–Crippen LogP) is 3.61. The van der Waals surface area contributed by atoms with Gasteiger partial charge < -0.3 is 10.3 Å². The number of nitrogen functional groups attached to an aromatic ring is 1. The highest BCUT2D eigenvalue weighted by atomic mass is 32.2. The van der Waals surface area contributed by atoms with Crippen LogP contribution < -0.4 is 5.73 Å². The van der Waals surface area contributed by atoms with Gasteiger partial charge in [0.05, 0.1) is 12.9 Å². The fourth-order valence-corrected chi connectivity index (χ4v) is 3.26. The second-order valence-electron chi connectivity index (χ2n) is 5.34. The zero-order valence-electron chi connectivity index (χ0n) is 12.8. The highest BCUT2D eigenvalue weighted by molar-refractivity contribution is 7.99. The van der Waals surface area contributed by atoms with Crippen molar-refractivity contribution in [3.8, 4) is 0 Å². The Morgan fingerprint density at radius 3 is 2.38 bits per heavy atom. The lowest BCUT2D eigenvalue weighted by atomic mass is 10.2. The third-order valence-electron chi connectivity index (χ3n) is 3.62. The van der Waals surface area contributed by atoms with E-state index in [2.05, 4.69) is 27.1 Å². The molecule has 6 heteroatoms. The Labute approximate surface area is 143 Å². The molecule has 0 amide bonds. The molecule has 0 aliphatic heterocycles. The molecule has 0 atom stereocenters. The summed E-state index contributed by atoms with van der Waals surface area (Å²) in [5, 5.41) is 0.626. The van der Waals surface area contributed by atoms with Crippen LogP contribution in [0.15, 0.2) is 77.0 Å². The van der Waals surface area contributed by atoms with Gasteiger partial charge in [-0.05, 0) is 29.5 Å². The summed E-state index contributed by atoms with van der Waals surface area (Å²) in [5.74, 6) is 0.408. The SMILES string of the molecule is Nc1nc(Sc2ccccc2)nc2c1ncn2Cc1ccccc1. The lowest BCUT2D eigenvalue weighted by molar-refractivity contribution is 0.804. The highest BCUT2D eigenvalue weighted by Gasteiger charge is 2.12. The lowest BCUT2D eigenvalue weighted by Gasteiger charge is -2.06. The van der Waals surface area contributed by atoms with Gasteiger partial charge in [-0.1, -0.05) is 48.5 Å². The average molecular weight is 333 g/mol. The van der Waals surface area contributed by atoms with Gasteiger partial charge in [-0.15, -0.1) is 0 Å². The molecule has 0 aliphatic rings. The molecule has 118 valence electrons. The number of fused-ring (bicyclic) bond motifs is 1. The van der Waals surface area contributed by atoms with Crippen molar-refractivity contribution < 1.29 is 0 Å². The van der Waals surface area contributed by atoms with E-state index in [1.807, 2.05) is 53.1 Å². The molecule has 2 heterocycles. The summed E-state index contributed by atoms with van der Waals surface area (Å²) in [7, 11) is 0. The minimum Gasteiger partial charge on any atom is -0.382 e. The number of imidazole rings is 1. The standard InChI is InChI=1S/C18H15N5S/c19-16-15-17(22-18(21-16)24-14-9-5-2-6-10-14)23(12-20-15)11-13-7-3-1-4-8-13/h1-10,12H,11H2,(H2,19,21,22). The van der Waals surface area contributed by atoms with E-state index < -0.39 is 0 Å². The van der Waals surface area contributed by atoms with Gasteiger partial charge in [0.25, 0.3) is 0 Å². The van der Waals surface area contributed by atoms with Crippen LogP contribution in [-0.2, 0) is 6.54 Å². The first kappa shape index (κ1) is 14.7. The summed E-state index contributed by atoms with van der Waals surface area (Å²) in [4.78, 5) is 14.5. The van der Waals surface area contributed by atoms with E-state index in [0.29, 0.717) is 23.0 Å². The molecule has 24 heavy (non-hydrogen) atoms. The van der Waals surface area contributed by atoms with Crippen molar-refractivity contribution in [3.05, 3.63) is 72.6 Å². The first-order chi connectivity index (χ1) is 11.8. The molecule has 5 nitrogen and oxygen atoms in total. The van der Waals surface area contributed by atoms with Crippen molar-refractivity contribution in [2.75, 3.05) is 5.73 Å². The Morgan fingerprint density at radius 2 is 1.62 bits per heavy atom. The molecule has 0 bridgehead atoms. The van der Waals surface area contributed by atoms with E-state index in [1.165, 1.54) is 17.3 Å². The second kappa shape index (κ2) is 6.33. The van der Waals surface area contributed by atoms with Crippen LogP contribution in [0.4, 0.5) is 5.82 Å². The van der Waals surface area contributed by atoms with E-state index >= 15 is 0 Å². The van der Waals surface area contributed by atoms with Crippen LogP contribution in [0.1, 0.15) is 5.56 Å². The molecule has 2 aromatic heterocycles. The van der Waals surface area contributed by atoms with Crippen molar-refractivity contribution in [3.63, 3.8) is 0 Å². The number of aromatic nitrogens is 4. The largest absolute Gasteiger partial charge is 0.382 e. The van der Waals surface area contributed by atoms with E-state index in [-0.39, 0.29) is 0 Å². The van der Waals surface area contributed by atoms with Gasteiger partial charge >= 0.3 is 0 Å². The van der Waals surface area contributed by atoms with E-state index in [4.69, 9.17) is 5.73 Å². The summed E-state index contributed by atoms with van der Waals surface area (Å²) in [5.41, 5.74) is 8.66. The van der Waals surface area contributed by atoms with Gasteiger partial charge in [-0.2, -0.15) is 0 Å². The molecule has 0 radical (unpaired) electrons. The number of anilines is 1. The van der Waals surface area contributed by atoms with E-state index in [0.717, 1.165) is 10.5 Å². The second-order valence-corrected chi connectivity index (χ2v) is 6.38. The first-order valence-electron chi connectivity index (χ1n) is 7.55. The third-order valence-corrected chi connectivity index (χ3v) is 4.49. The summed E-state index contributed by atoms with van der Waals surface area (Å²) >= 11 is 1.49. The van der Waals surface area contributed by atoms with Crippen molar-refractivity contribution in [2.45, 2.75) is 16.6 Å². The normalized spacial score (nSPS) is 11.0. The number of nitrogens with zero attached hydrogens (tertiary/aromatic N) is 4. The molecule has 0 fully saturated rings. The monoisotopic (exact) mass is 333 g/mol. The molecule has 2 aromatic carbocycles. The quantitative estimate of drug-likeness (QED) is 0.578. The first-order valence-corrected chi connectivity index (χ1v) is 8.36. The predicted molar refractivity (Wildman–Crippen MR) is 95.8 cm³/mol. The maximum Gasteiger partial charge on any atom is 0.196 e. The minimum absolute atomic E-state index is 0.408. The van der Waals surface area contributed by atoms with Crippen LogP contribution in [0.2, 0.25) is 0 Å². The van der Waals surface area contributed by atoms with Gasteiger partial charge in [0.15, 0.2) is 16.6 Å². The fourth-order valence-electron chi connectivity index (χ4n) is 2.48. The van der Waals surface area contributed by atoms with Crippen molar-refractivity contribution >= 4 is 28.7 Å². The van der Waals surface area contributed by atoms with Gasteiger partial charge in [0, 0.05) is 4.90 Å². The van der Waals surface area contributed by atoms with Crippen LogP contribution in [0.3, 0.4) is 0 Å². The van der Waals surface area contributed by atoms with Gasteiger partial charge in [0.2, 0.25) is 0 Å². The van der Waals surface area contributed by atoms with Crippen LogP contribution >= 0.6 is 11.8 Å². The Morgan fingerprint density at radius 1 is 0.917 bits per heavy atom. The lowest BCUT2D eigenvalue weighted by Crippen LogP contribution is -2.02. The zero-order chi connectivity index (χ0) is 16.4. The summed E-state index contributed by atoms with van der Waals surface area (Å²) < 4.78 is 2.00. The maximum absolute atomic E-state index is 6.08. The number of hydrogen-bond donors (Lipinski definition) is 1. The molecule has 0 unspecified atom stereocenters. The van der Waals surface area contributed by atoms with Gasteiger partial charge in [0.1, 0.15) is 5.52 Å². The topological polar surface area (TPSA) is 69.6 Å². The van der Waals surface area contributed by atoms with Crippen LogP contribution in [0.5, 0.6) is 0 Å². The highest BCUT2D eigenvalue weighted by Crippen LogP contribution is 2.27. The van der Waals surface area contributed by atoms with Crippen molar-refractivity contribution in [2.24, 2.45) is 0 Å². The number of rotatable bonds is 4. The van der Waals surface area contributed by atoms with Crippen molar-refractivity contribution in [1.29, 1.82) is 0 Å². The van der Waals surface area contributed by atoms with E-state index in [9.17, 15) is 0 Å².